The van der Waals surface area contributed by atoms with Gasteiger partial charge in [0.15, 0.2) is 0 Å². The van der Waals surface area contributed by atoms with Crippen molar-refractivity contribution in [3.05, 3.63) is 35.4 Å². The molecular weight excluding hydrogens is 293 g/mol. The van der Waals surface area contributed by atoms with Crippen LogP contribution >= 0.6 is 0 Å². The molecule has 1 aliphatic rings. The third-order valence-corrected chi connectivity index (χ3v) is 4.88. The predicted molar refractivity (Wildman–Crippen MR) is 79.0 cm³/mol. The summed E-state index contributed by atoms with van der Waals surface area (Å²) in [6, 6.07) is 7.84. The Balaban J connectivity index is 2.07. The van der Waals surface area contributed by atoms with Gasteiger partial charge in [0.05, 0.1) is 0 Å². The van der Waals surface area contributed by atoms with Crippen LogP contribution in [0.3, 0.4) is 0 Å². The quantitative estimate of drug-likeness (QED) is 0.805. The maximum Gasteiger partial charge on any atom is 0.307 e. The number of likely N-dealkylation sites (tertiary alicyclic amines) is 1. The SMILES string of the molecule is CC(C)(C)c1ccc(CN2CC(S(=O)(=O)F)CC2=O)cc1. The van der Waals surface area contributed by atoms with Crippen molar-refractivity contribution in [2.75, 3.05) is 6.54 Å². The van der Waals surface area contributed by atoms with Gasteiger partial charge in [-0.3, -0.25) is 4.79 Å². The zero-order chi connectivity index (χ0) is 15.8. The fourth-order valence-electron chi connectivity index (χ4n) is 2.41. The summed E-state index contributed by atoms with van der Waals surface area (Å²) < 4.78 is 34.7. The highest BCUT2D eigenvalue weighted by atomic mass is 32.3. The van der Waals surface area contributed by atoms with Crippen LogP contribution in [0.2, 0.25) is 0 Å². The Morgan fingerprint density at radius 3 is 2.24 bits per heavy atom. The first kappa shape index (κ1) is 15.9. The van der Waals surface area contributed by atoms with Gasteiger partial charge in [0.1, 0.15) is 5.25 Å². The smallest absolute Gasteiger partial charge is 0.307 e. The van der Waals surface area contributed by atoms with E-state index in [1.54, 1.807) is 0 Å². The number of hydrogen-bond donors (Lipinski definition) is 0. The minimum atomic E-state index is -4.65. The molecule has 1 amide bonds. The first-order chi connectivity index (χ1) is 9.57. The number of benzene rings is 1. The van der Waals surface area contributed by atoms with Crippen molar-refractivity contribution in [2.45, 2.75) is 44.4 Å². The van der Waals surface area contributed by atoms with Gasteiger partial charge < -0.3 is 4.90 Å². The summed E-state index contributed by atoms with van der Waals surface area (Å²) in [4.78, 5) is 13.2. The third-order valence-electron chi connectivity index (χ3n) is 3.77. The Bertz CT molecular complexity index is 632. The first-order valence-corrected chi connectivity index (χ1v) is 8.33. The van der Waals surface area contributed by atoms with E-state index in [1.165, 1.54) is 10.5 Å². The normalized spacial score (nSPS) is 20.1. The van der Waals surface area contributed by atoms with Crippen LogP contribution in [0.5, 0.6) is 0 Å². The summed E-state index contributed by atoms with van der Waals surface area (Å²) >= 11 is 0. The Kier molecular flexibility index (Phi) is 4.10. The number of nitrogens with zero attached hydrogens (tertiary/aromatic N) is 1. The lowest BCUT2D eigenvalue weighted by Gasteiger charge is -2.20. The van der Waals surface area contributed by atoms with Gasteiger partial charge in [0.25, 0.3) is 0 Å². The minimum Gasteiger partial charge on any atom is -0.337 e. The molecule has 4 nitrogen and oxygen atoms in total. The van der Waals surface area contributed by atoms with Crippen molar-refractivity contribution in [3.63, 3.8) is 0 Å². The van der Waals surface area contributed by atoms with Crippen LogP contribution in [0, 0.1) is 0 Å². The largest absolute Gasteiger partial charge is 0.337 e. The molecule has 21 heavy (non-hydrogen) atoms. The Morgan fingerprint density at radius 1 is 1.24 bits per heavy atom. The molecule has 1 heterocycles. The molecular formula is C15H20FNO3S. The molecule has 1 atom stereocenters. The fourth-order valence-corrected chi connectivity index (χ4v) is 3.11. The number of rotatable bonds is 3. The van der Waals surface area contributed by atoms with Crippen LogP contribution in [0.25, 0.3) is 0 Å². The molecule has 1 aromatic rings. The summed E-state index contributed by atoms with van der Waals surface area (Å²) in [7, 11) is -4.65. The van der Waals surface area contributed by atoms with Crippen molar-refractivity contribution < 1.29 is 17.1 Å². The van der Waals surface area contributed by atoms with Gasteiger partial charge in [-0.1, -0.05) is 45.0 Å². The summed E-state index contributed by atoms with van der Waals surface area (Å²) in [5.41, 5.74) is 2.14. The van der Waals surface area contributed by atoms with Crippen LogP contribution in [0.4, 0.5) is 3.89 Å². The van der Waals surface area contributed by atoms with Gasteiger partial charge >= 0.3 is 10.2 Å². The molecule has 2 rings (SSSR count). The molecule has 116 valence electrons. The maximum atomic E-state index is 13.0. The summed E-state index contributed by atoms with van der Waals surface area (Å²) in [6.45, 7) is 6.59. The molecule has 0 spiro atoms. The van der Waals surface area contributed by atoms with E-state index in [0.717, 1.165) is 5.56 Å². The average Bonchev–Trinajstić information content (AvgIpc) is 2.70. The number of carbonyl (C=O) groups excluding carboxylic acids is 1. The predicted octanol–water partition coefficient (Wildman–Crippen LogP) is 2.38. The molecule has 1 aromatic carbocycles. The Labute approximate surface area is 125 Å². The maximum absolute atomic E-state index is 13.0. The second-order valence-corrected chi connectivity index (χ2v) is 8.14. The molecule has 0 bridgehead atoms. The molecule has 0 aliphatic carbocycles. The van der Waals surface area contributed by atoms with Gasteiger partial charge in [-0.05, 0) is 16.5 Å². The highest BCUT2D eigenvalue weighted by molar-refractivity contribution is 7.87. The monoisotopic (exact) mass is 313 g/mol. The van der Waals surface area contributed by atoms with Crippen LogP contribution in [-0.2, 0) is 27.0 Å². The van der Waals surface area contributed by atoms with Crippen LogP contribution in [0.1, 0.15) is 38.3 Å². The van der Waals surface area contributed by atoms with Crippen molar-refractivity contribution in [2.24, 2.45) is 0 Å². The van der Waals surface area contributed by atoms with E-state index in [0.29, 0.717) is 6.54 Å². The third kappa shape index (κ3) is 3.81. The lowest BCUT2D eigenvalue weighted by Crippen LogP contribution is -2.26. The van der Waals surface area contributed by atoms with Gasteiger partial charge in [0.2, 0.25) is 5.91 Å². The Hall–Kier alpha value is -1.43. The molecule has 1 saturated heterocycles. The number of amides is 1. The van der Waals surface area contributed by atoms with E-state index >= 15 is 0 Å². The molecule has 0 saturated carbocycles. The summed E-state index contributed by atoms with van der Waals surface area (Å²) in [5.74, 6) is -0.318. The summed E-state index contributed by atoms with van der Waals surface area (Å²) in [5, 5.41) is -1.22. The lowest BCUT2D eigenvalue weighted by molar-refractivity contribution is -0.128. The van der Waals surface area contributed by atoms with E-state index in [9.17, 15) is 17.1 Å². The highest BCUT2D eigenvalue weighted by Crippen LogP contribution is 2.24. The molecule has 1 fully saturated rings. The molecule has 0 aromatic heterocycles. The van der Waals surface area contributed by atoms with E-state index < -0.39 is 15.5 Å². The zero-order valence-electron chi connectivity index (χ0n) is 12.5. The van der Waals surface area contributed by atoms with Gasteiger partial charge in [0, 0.05) is 19.5 Å². The number of hydrogen-bond acceptors (Lipinski definition) is 3. The minimum absolute atomic E-state index is 0.0510. The van der Waals surface area contributed by atoms with E-state index in [2.05, 4.69) is 20.8 Å². The molecule has 1 aliphatic heterocycles. The molecule has 1 unspecified atom stereocenters. The lowest BCUT2D eigenvalue weighted by atomic mass is 9.87. The Morgan fingerprint density at radius 2 is 1.81 bits per heavy atom. The van der Waals surface area contributed by atoms with Crippen LogP contribution < -0.4 is 0 Å². The number of halogens is 1. The molecule has 6 heteroatoms. The second kappa shape index (κ2) is 5.40. The summed E-state index contributed by atoms with van der Waals surface area (Å²) in [6.07, 6.45) is -0.265. The van der Waals surface area contributed by atoms with Crippen molar-refractivity contribution in [1.29, 1.82) is 0 Å². The fraction of sp³-hybridized carbons (Fsp3) is 0.533. The average molecular weight is 313 g/mol. The number of carbonyl (C=O) groups is 1. The zero-order valence-corrected chi connectivity index (χ0v) is 13.3. The van der Waals surface area contributed by atoms with E-state index in [-0.39, 0.29) is 24.3 Å². The van der Waals surface area contributed by atoms with Gasteiger partial charge in [-0.2, -0.15) is 8.42 Å². The first-order valence-electron chi connectivity index (χ1n) is 6.88. The van der Waals surface area contributed by atoms with Crippen molar-refractivity contribution in [3.8, 4) is 0 Å². The second-order valence-electron chi connectivity index (χ2n) is 6.52. The van der Waals surface area contributed by atoms with Crippen LogP contribution in [0.15, 0.2) is 24.3 Å². The topological polar surface area (TPSA) is 54.5 Å². The van der Waals surface area contributed by atoms with E-state index in [4.69, 9.17) is 0 Å². The van der Waals surface area contributed by atoms with Crippen LogP contribution in [-0.4, -0.2) is 31.0 Å². The standard InChI is InChI=1S/C15H20FNO3S/c1-15(2,3)12-6-4-11(5-7-12)9-17-10-13(8-14(17)18)21(16,19)20/h4-7,13H,8-10H2,1-3H3. The van der Waals surface area contributed by atoms with Gasteiger partial charge in [-0.25, -0.2) is 0 Å². The van der Waals surface area contributed by atoms with Gasteiger partial charge in [-0.15, -0.1) is 3.89 Å². The molecule has 0 radical (unpaired) electrons. The van der Waals surface area contributed by atoms with Crippen molar-refractivity contribution >= 4 is 16.1 Å². The van der Waals surface area contributed by atoms with Crippen molar-refractivity contribution in [1.82, 2.24) is 4.90 Å². The molecule has 0 N–H and O–H groups in total. The highest BCUT2D eigenvalue weighted by Gasteiger charge is 2.38. The van der Waals surface area contributed by atoms with E-state index in [1.807, 2.05) is 24.3 Å².